The van der Waals surface area contributed by atoms with Gasteiger partial charge in [0.05, 0.1) is 11.5 Å². The van der Waals surface area contributed by atoms with Crippen molar-refractivity contribution in [3.8, 4) is 6.07 Å². The predicted molar refractivity (Wildman–Crippen MR) is 70.8 cm³/mol. The Balaban J connectivity index is 2.23. The molecule has 0 radical (unpaired) electrons. The van der Waals surface area contributed by atoms with Gasteiger partial charge >= 0.3 is 0 Å². The minimum absolute atomic E-state index is 0.184. The third kappa shape index (κ3) is 2.22. The molecule has 2 rings (SSSR count). The summed E-state index contributed by atoms with van der Waals surface area (Å²) in [7, 11) is 0. The molecule has 0 amide bonds. The Morgan fingerprint density at radius 2 is 1.82 bits per heavy atom. The number of aryl methyl sites for hydroxylation is 2. The van der Waals surface area contributed by atoms with Crippen LogP contribution in [0, 0.1) is 31.1 Å². The summed E-state index contributed by atoms with van der Waals surface area (Å²) in [5.74, 6) is 0.764. The molecule has 0 N–H and O–H groups in total. The average Bonchev–Trinajstić information content (AvgIpc) is 2.21. The van der Waals surface area contributed by atoms with Crippen LogP contribution < -0.4 is 0 Å². The molecule has 1 aliphatic carbocycles. The van der Waals surface area contributed by atoms with E-state index in [0.717, 1.165) is 18.8 Å². The van der Waals surface area contributed by atoms with Crippen LogP contribution in [-0.4, -0.2) is 0 Å². The predicted octanol–water partition coefficient (Wildman–Crippen LogP) is 4.27. The van der Waals surface area contributed by atoms with Crippen molar-refractivity contribution in [1.82, 2.24) is 0 Å². The van der Waals surface area contributed by atoms with Gasteiger partial charge in [-0.3, -0.25) is 0 Å². The van der Waals surface area contributed by atoms with Gasteiger partial charge in [0, 0.05) is 0 Å². The Morgan fingerprint density at radius 3 is 2.29 bits per heavy atom. The first-order valence-electron chi connectivity index (χ1n) is 6.59. The first kappa shape index (κ1) is 12.2. The average molecular weight is 227 g/mol. The smallest absolute Gasteiger partial charge is 0.0827 e. The molecule has 0 saturated heterocycles. The van der Waals surface area contributed by atoms with E-state index in [0.29, 0.717) is 0 Å². The van der Waals surface area contributed by atoms with E-state index in [1.54, 1.807) is 0 Å². The van der Waals surface area contributed by atoms with Crippen molar-refractivity contribution in [2.45, 2.75) is 51.9 Å². The zero-order valence-corrected chi connectivity index (χ0v) is 11.1. The van der Waals surface area contributed by atoms with Crippen LogP contribution in [0.4, 0.5) is 0 Å². The van der Waals surface area contributed by atoms with E-state index < -0.39 is 0 Å². The van der Waals surface area contributed by atoms with Crippen LogP contribution in [0.3, 0.4) is 0 Å². The second kappa shape index (κ2) is 4.53. The van der Waals surface area contributed by atoms with Crippen LogP contribution in [0.2, 0.25) is 0 Å². The number of hydrogen-bond acceptors (Lipinski definition) is 1. The van der Waals surface area contributed by atoms with Crippen LogP contribution in [0.1, 0.15) is 49.3 Å². The Kier molecular flexibility index (Phi) is 3.24. The lowest BCUT2D eigenvalue weighted by atomic mass is 9.58. The lowest BCUT2D eigenvalue weighted by molar-refractivity contribution is 0.184. The van der Waals surface area contributed by atoms with Gasteiger partial charge in [0.25, 0.3) is 0 Å². The van der Waals surface area contributed by atoms with Gasteiger partial charge < -0.3 is 0 Å². The third-order valence-corrected chi connectivity index (χ3v) is 3.96. The molecule has 1 aromatic rings. The Bertz CT molecular complexity index is 427. The Hall–Kier alpha value is -1.29. The maximum absolute atomic E-state index is 9.51. The second-order valence-electron chi connectivity index (χ2n) is 5.63. The van der Waals surface area contributed by atoms with Crippen molar-refractivity contribution < 1.29 is 0 Å². The van der Waals surface area contributed by atoms with Crippen LogP contribution in [0.5, 0.6) is 0 Å². The number of nitrogens with zero attached hydrogens (tertiary/aromatic N) is 1. The zero-order chi connectivity index (χ0) is 12.5. The topological polar surface area (TPSA) is 23.8 Å². The molecule has 0 atom stereocenters. The summed E-state index contributed by atoms with van der Waals surface area (Å²) in [4.78, 5) is 0. The molecular weight excluding hydrogens is 206 g/mol. The summed E-state index contributed by atoms with van der Waals surface area (Å²) < 4.78 is 0. The normalized spacial score (nSPS) is 27.3. The van der Waals surface area contributed by atoms with E-state index in [1.165, 1.54) is 29.5 Å². The first-order chi connectivity index (χ1) is 8.09. The summed E-state index contributed by atoms with van der Waals surface area (Å²) in [6, 6.07) is 9.14. The first-order valence-corrected chi connectivity index (χ1v) is 6.59. The van der Waals surface area contributed by atoms with E-state index in [2.05, 4.69) is 45.0 Å². The van der Waals surface area contributed by atoms with Gasteiger partial charge in [0.15, 0.2) is 0 Å². The van der Waals surface area contributed by atoms with Crippen LogP contribution in [0.25, 0.3) is 0 Å². The van der Waals surface area contributed by atoms with E-state index in [9.17, 15) is 5.26 Å². The molecule has 0 aromatic heterocycles. The van der Waals surface area contributed by atoms with Crippen molar-refractivity contribution in [2.24, 2.45) is 5.92 Å². The van der Waals surface area contributed by atoms with Gasteiger partial charge in [0.2, 0.25) is 0 Å². The van der Waals surface area contributed by atoms with Crippen molar-refractivity contribution >= 4 is 0 Å². The molecule has 1 fully saturated rings. The molecule has 0 spiro atoms. The Morgan fingerprint density at radius 1 is 1.24 bits per heavy atom. The number of rotatable bonds is 3. The molecule has 1 aromatic carbocycles. The van der Waals surface area contributed by atoms with Gasteiger partial charge in [-0.15, -0.1) is 0 Å². The molecule has 90 valence electrons. The monoisotopic (exact) mass is 227 g/mol. The van der Waals surface area contributed by atoms with Crippen molar-refractivity contribution in [3.05, 3.63) is 34.9 Å². The highest BCUT2D eigenvalue weighted by Crippen LogP contribution is 2.49. The summed E-state index contributed by atoms with van der Waals surface area (Å²) in [6.45, 7) is 6.46. The maximum Gasteiger partial charge on any atom is 0.0827 e. The van der Waals surface area contributed by atoms with E-state index in [4.69, 9.17) is 0 Å². The maximum atomic E-state index is 9.51. The molecule has 1 nitrogen and oxygen atoms in total. The molecule has 0 unspecified atom stereocenters. The van der Waals surface area contributed by atoms with Gasteiger partial charge in [-0.1, -0.05) is 49.1 Å². The summed E-state index contributed by atoms with van der Waals surface area (Å²) >= 11 is 0. The summed E-state index contributed by atoms with van der Waals surface area (Å²) in [6.07, 6.45) is 4.62. The largest absolute Gasteiger partial charge is 0.197 e. The minimum atomic E-state index is -0.184. The lowest BCUT2D eigenvalue weighted by Gasteiger charge is -2.43. The molecular formula is C16H21N. The van der Waals surface area contributed by atoms with Gasteiger partial charge in [-0.05, 0) is 38.2 Å². The van der Waals surface area contributed by atoms with Crippen molar-refractivity contribution in [1.29, 1.82) is 5.26 Å². The molecule has 17 heavy (non-hydrogen) atoms. The molecule has 0 heterocycles. The standard InChI is InChI=1S/C16H21N/c1-4-5-14-9-16(10-14,11-17)15-7-12(2)6-13(3)8-15/h6-8,14H,4-5,9-10H2,1-3H3. The van der Waals surface area contributed by atoms with Gasteiger partial charge in [0.1, 0.15) is 0 Å². The highest BCUT2D eigenvalue weighted by atomic mass is 14.5. The van der Waals surface area contributed by atoms with Crippen LogP contribution in [-0.2, 0) is 5.41 Å². The molecule has 1 heteroatoms. The number of benzene rings is 1. The number of nitriles is 1. The fraction of sp³-hybridized carbons (Fsp3) is 0.562. The van der Waals surface area contributed by atoms with Crippen molar-refractivity contribution in [2.75, 3.05) is 0 Å². The second-order valence-corrected chi connectivity index (χ2v) is 5.63. The highest BCUT2D eigenvalue weighted by Gasteiger charge is 2.45. The number of hydrogen-bond donors (Lipinski definition) is 0. The third-order valence-electron chi connectivity index (χ3n) is 3.96. The lowest BCUT2D eigenvalue weighted by Crippen LogP contribution is -2.40. The van der Waals surface area contributed by atoms with Gasteiger partial charge in [-0.25, -0.2) is 0 Å². The Labute approximate surface area is 104 Å². The van der Waals surface area contributed by atoms with Crippen LogP contribution in [0.15, 0.2) is 18.2 Å². The van der Waals surface area contributed by atoms with E-state index in [1.807, 2.05) is 0 Å². The van der Waals surface area contributed by atoms with Crippen molar-refractivity contribution in [3.63, 3.8) is 0 Å². The molecule has 0 aliphatic heterocycles. The van der Waals surface area contributed by atoms with E-state index in [-0.39, 0.29) is 5.41 Å². The minimum Gasteiger partial charge on any atom is -0.197 e. The molecule has 1 aliphatic rings. The fourth-order valence-corrected chi connectivity index (χ4v) is 3.18. The molecule has 0 bridgehead atoms. The fourth-order valence-electron chi connectivity index (χ4n) is 3.18. The summed E-state index contributed by atoms with van der Waals surface area (Å²) in [5, 5.41) is 9.51. The van der Waals surface area contributed by atoms with Gasteiger partial charge in [-0.2, -0.15) is 5.26 Å². The highest BCUT2D eigenvalue weighted by molar-refractivity contribution is 5.40. The molecule has 1 saturated carbocycles. The van der Waals surface area contributed by atoms with Crippen LogP contribution >= 0.6 is 0 Å². The van der Waals surface area contributed by atoms with E-state index >= 15 is 0 Å². The zero-order valence-electron chi connectivity index (χ0n) is 11.1. The summed E-state index contributed by atoms with van der Waals surface area (Å²) in [5.41, 5.74) is 3.60. The SMILES string of the molecule is CCCC1CC(C#N)(c2cc(C)cc(C)c2)C1. The quantitative estimate of drug-likeness (QED) is 0.756.